The average molecular weight is 299 g/mol. The lowest BCUT2D eigenvalue weighted by Gasteiger charge is -2.15. The molecule has 0 radical (unpaired) electrons. The van der Waals surface area contributed by atoms with Crippen molar-refractivity contribution in [1.29, 1.82) is 0 Å². The highest BCUT2D eigenvalue weighted by Crippen LogP contribution is 2.28. The van der Waals surface area contributed by atoms with Crippen LogP contribution >= 0.6 is 0 Å². The molecule has 0 amide bonds. The van der Waals surface area contributed by atoms with Crippen molar-refractivity contribution in [2.75, 3.05) is 5.32 Å². The number of hydrogen-bond acceptors (Lipinski definition) is 4. The monoisotopic (exact) mass is 299 g/mol. The minimum absolute atomic E-state index is 0.0142. The lowest BCUT2D eigenvalue weighted by molar-refractivity contribution is -0.141. The summed E-state index contributed by atoms with van der Waals surface area (Å²) in [6.07, 6.45) is -2.56. The molecule has 2 rings (SSSR count). The Morgan fingerprint density at radius 1 is 1.29 bits per heavy atom. The number of alkyl halides is 3. The number of nitrogens with zero attached hydrogens (tertiary/aromatic N) is 2. The Hall–Kier alpha value is -2.05. The Kier molecular flexibility index (Phi) is 4.20. The summed E-state index contributed by atoms with van der Waals surface area (Å²) >= 11 is 0. The van der Waals surface area contributed by atoms with Gasteiger partial charge in [0.05, 0.1) is 17.6 Å². The van der Waals surface area contributed by atoms with Crippen LogP contribution in [0.15, 0.2) is 22.9 Å². The molecule has 2 aromatic rings. The Labute approximate surface area is 120 Å². The van der Waals surface area contributed by atoms with Crippen molar-refractivity contribution in [3.05, 3.63) is 41.0 Å². The average Bonchev–Trinajstić information content (AvgIpc) is 2.70. The number of hydrogen-bond donors (Lipinski definition) is 1. The molecule has 7 heteroatoms. The highest BCUT2D eigenvalue weighted by Gasteiger charge is 2.32. The van der Waals surface area contributed by atoms with Gasteiger partial charge in [0.1, 0.15) is 11.5 Å². The van der Waals surface area contributed by atoms with E-state index >= 15 is 0 Å². The van der Waals surface area contributed by atoms with Crippen LogP contribution in [0.2, 0.25) is 0 Å². The van der Waals surface area contributed by atoms with Crippen LogP contribution in [0.1, 0.15) is 29.6 Å². The molecule has 0 aliphatic rings. The fourth-order valence-electron chi connectivity index (χ4n) is 2.08. The van der Waals surface area contributed by atoms with Gasteiger partial charge in [0.2, 0.25) is 0 Å². The minimum Gasteiger partial charge on any atom is -0.381 e. The van der Waals surface area contributed by atoms with E-state index in [-0.39, 0.29) is 6.04 Å². The van der Waals surface area contributed by atoms with Gasteiger partial charge in [-0.1, -0.05) is 5.16 Å². The van der Waals surface area contributed by atoms with E-state index in [4.69, 9.17) is 4.52 Å². The highest BCUT2D eigenvalue weighted by molar-refractivity contribution is 5.42. The van der Waals surface area contributed by atoms with Gasteiger partial charge >= 0.3 is 6.18 Å². The molecule has 21 heavy (non-hydrogen) atoms. The maximum atomic E-state index is 12.4. The molecule has 0 saturated heterocycles. The van der Waals surface area contributed by atoms with Gasteiger partial charge in [0.25, 0.3) is 0 Å². The van der Waals surface area contributed by atoms with Gasteiger partial charge in [-0.3, -0.25) is 0 Å². The quantitative estimate of drug-likeness (QED) is 0.934. The first-order valence-electron chi connectivity index (χ1n) is 6.49. The molecule has 1 atom stereocenters. The summed E-state index contributed by atoms with van der Waals surface area (Å²) < 4.78 is 42.4. The van der Waals surface area contributed by atoms with Crippen LogP contribution in [-0.4, -0.2) is 16.2 Å². The van der Waals surface area contributed by atoms with E-state index in [0.717, 1.165) is 23.1 Å². The van der Waals surface area contributed by atoms with Gasteiger partial charge in [-0.2, -0.15) is 13.2 Å². The maximum Gasteiger partial charge on any atom is 0.433 e. The molecule has 1 unspecified atom stereocenters. The molecule has 0 aromatic carbocycles. The third-order valence-corrected chi connectivity index (χ3v) is 3.16. The first-order valence-corrected chi connectivity index (χ1v) is 6.49. The van der Waals surface area contributed by atoms with Crippen LogP contribution in [0, 0.1) is 13.8 Å². The summed E-state index contributed by atoms with van der Waals surface area (Å²) in [4.78, 5) is 3.42. The fourth-order valence-corrected chi connectivity index (χ4v) is 2.08. The number of nitrogens with one attached hydrogen (secondary N) is 1. The third kappa shape index (κ3) is 3.74. The minimum atomic E-state index is -4.42. The molecule has 0 saturated carbocycles. The molecule has 1 N–H and O–H groups in total. The Balaban J connectivity index is 2.01. The van der Waals surface area contributed by atoms with E-state index in [1.165, 1.54) is 12.3 Å². The summed E-state index contributed by atoms with van der Waals surface area (Å²) in [6, 6.07) is 2.35. The summed E-state index contributed by atoms with van der Waals surface area (Å²) in [5.74, 6) is 0.756. The van der Waals surface area contributed by atoms with Gasteiger partial charge in [0, 0.05) is 11.6 Å². The standard InChI is InChI=1S/C14H16F3N3O/c1-8(6-12-9(2)20-21-10(12)3)19-11-4-5-13(18-7-11)14(15,16)17/h4-5,7-8,19H,6H2,1-3H3. The second-order valence-electron chi connectivity index (χ2n) is 4.98. The van der Waals surface area contributed by atoms with Crippen LogP contribution in [0.4, 0.5) is 18.9 Å². The van der Waals surface area contributed by atoms with Crippen molar-refractivity contribution in [3.63, 3.8) is 0 Å². The molecule has 114 valence electrons. The SMILES string of the molecule is Cc1noc(C)c1CC(C)Nc1ccc(C(F)(F)F)nc1. The second kappa shape index (κ2) is 5.75. The smallest absolute Gasteiger partial charge is 0.381 e. The third-order valence-electron chi connectivity index (χ3n) is 3.16. The zero-order valence-electron chi connectivity index (χ0n) is 12.0. The highest BCUT2D eigenvalue weighted by atomic mass is 19.4. The van der Waals surface area contributed by atoms with E-state index in [0.29, 0.717) is 12.1 Å². The van der Waals surface area contributed by atoms with Crippen LogP contribution in [0.5, 0.6) is 0 Å². The molecule has 0 aliphatic carbocycles. The molecule has 0 bridgehead atoms. The number of rotatable bonds is 4. The summed E-state index contributed by atoms with van der Waals surface area (Å²) in [6.45, 7) is 5.63. The van der Waals surface area contributed by atoms with Crippen LogP contribution in [0.25, 0.3) is 0 Å². The predicted octanol–water partition coefficient (Wildman–Crippen LogP) is 3.75. The molecule has 0 fully saturated rings. The van der Waals surface area contributed by atoms with Crippen LogP contribution < -0.4 is 5.32 Å². The van der Waals surface area contributed by atoms with Crippen molar-refractivity contribution in [2.45, 2.75) is 39.4 Å². The van der Waals surface area contributed by atoms with E-state index in [1.54, 1.807) is 0 Å². The summed E-state index contributed by atoms with van der Waals surface area (Å²) in [5, 5.41) is 6.99. The van der Waals surface area contributed by atoms with Gasteiger partial charge < -0.3 is 9.84 Å². The first kappa shape index (κ1) is 15.3. The lowest BCUT2D eigenvalue weighted by Crippen LogP contribution is -2.19. The number of aryl methyl sites for hydroxylation is 2. The van der Waals surface area contributed by atoms with Gasteiger partial charge in [-0.05, 0) is 39.3 Å². The molecule has 4 nitrogen and oxygen atoms in total. The van der Waals surface area contributed by atoms with Gasteiger partial charge in [0.15, 0.2) is 0 Å². The zero-order valence-corrected chi connectivity index (χ0v) is 12.0. The Morgan fingerprint density at radius 2 is 2.00 bits per heavy atom. The van der Waals surface area contributed by atoms with Crippen molar-refractivity contribution in [3.8, 4) is 0 Å². The Morgan fingerprint density at radius 3 is 2.48 bits per heavy atom. The van der Waals surface area contributed by atoms with Crippen molar-refractivity contribution < 1.29 is 17.7 Å². The van der Waals surface area contributed by atoms with Crippen molar-refractivity contribution in [2.24, 2.45) is 0 Å². The topological polar surface area (TPSA) is 51.0 Å². The van der Waals surface area contributed by atoms with E-state index in [1.807, 2.05) is 20.8 Å². The summed E-state index contributed by atoms with van der Waals surface area (Å²) in [5.41, 5.74) is 1.48. The molecule has 0 aliphatic heterocycles. The zero-order chi connectivity index (χ0) is 15.6. The van der Waals surface area contributed by atoms with Crippen molar-refractivity contribution >= 4 is 5.69 Å². The molecule has 0 spiro atoms. The van der Waals surface area contributed by atoms with Gasteiger partial charge in [-0.15, -0.1) is 0 Å². The molecule has 2 aromatic heterocycles. The number of pyridine rings is 1. The van der Waals surface area contributed by atoms with E-state index in [9.17, 15) is 13.2 Å². The van der Waals surface area contributed by atoms with E-state index < -0.39 is 11.9 Å². The second-order valence-corrected chi connectivity index (χ2v) is 4.98. The molecule has 2 heterocycles. The Bertz CT molecular complexity index is 585. The van der Waals surface area contributed by atoms with Crippen LogP contribution in [-0.2, 0) is 12.6 Å². The maximum absolute atomic E-state index is 12.4. The molecular formula is C14H16F3N3O. The number of anilines is 1. The number of halogens is 3. The van der Waals surface area contributed by atoms with Crippen molar-refractivity contribution in [1.82, 2.24) is 10.1 Å². The van der Waals surface area contributed by atoms with E-state index in [2.05, 4.69) is 15.5 Å². The van der Waals surface area contributed by atoms with Crippen LogP contribution in [0.3, 0.4) is 0 Å². The van der Waals surface area contributed by atoms with Gasteiger partial charge in [-0.25, -0.2) is 4.98 Å². The first-order chi connectivity index (χ1) is 9.77. The predicted molar refractivity (Wildman–Crippen MR) is 72.0 cm³/mol. The molecular weight excluding hydrogens is 283 g/mol. The largest absolute Gasteiger partial charge is 0.433 e. The number of aromatic nitrogens is 2. The summed E-state index contributed by atoms with van der Waals surface area (Å²) in [7, 11) is 0. The normalized spacial score (nSPS) is 13.2. The fraction of sp³-hybridized carbons (Fsp3) is 0.429. The lowest BCUT2D eigenvalue weighted by atomic mass is 10.1.